The van der Waals surface area contributed by atoms with Gasteiger partial charge in [0.2, 0.25) is 5.91 Å². The van der Waals surface area contributed by atoms with E-state index in [1.54, 1.807) is 41.8 Å². The van der Waals surface area contributed by atoms with E-state index in [-0.39, 0.29) is 17.9 Å². The van der Waals surface area contributed by atoms with Crippen molar-refractivity contribution in [3.05, 3.63) is 82.0 Å². The number of nitrogens with zero attached hydrogens (tertiary/aromatic N) is 4. The standard InChI is InChI=1S/C22H16FN5O2S/c1-13-16-4-2-3-5-17(16)21(30)28(26-13)12-18(29)24-20-19(14-6-8-15(23)9-7-14)25-22-27(20)10-11-31-22/h2-11H,12H2,1H3,(H,24,29). The molecule has 3 aromatic heterocycles. The summed E-state index contributed by atoms with van der Waals surface area (Å²) in [5.41, 5.74) is 1.53. The average molecular weight is 433 g/mol. The van der Waals surface area contributed by atoms with E-state index in [1.807, 2.05) is 17.5 Å². The predicted octanol–water partition coefficient (Wildman–Crippen LogP) is 3.86. The second kappa shape index (κ2) is 7.44. The van der Waals surface area contributed by atoms with Gasteiger partial charge in [0.1, 0.15) is 23.9 Å². The van der Waals surface area contributed by atoms with E-state index in [2.05, 4.69) is 15.4 Å². The smallest absolute Gasteiger partial charge is 0.275 e. The molecule has 3 heterocycles. The van der Waals surface area contributed by atoms with Crippen molar-refractivity contribution in [2.45, 2.75) is 13.5 Å². The molecule has 0 aliphatic rings. The van der Waals surface area contributed by atoms with E-state index in [9.17, 15) is 14.0 Å². The van der Waals surface area contributed by atoms with Crippen molar-refractivity contribution in [2.75, 3.05) is 5.32 Å². The van der Waals surface area contributed by atoms with Crippen LogP contribution in [0.15, 0.2) is 64.9 Å². The van der Waals surface area contributed by atoms with E-state index in [0.29, 0.717) is 33.1 Å². The Kier molecular flexibility index (Phi) is 4.59. The maximum atomic E-state index is 13.3. The van der Waals surface area contributed by atoms with E-state index < -0.39 is 5.91 Å². The molecule has 0 saturated heterocycles. The van der Waals surface area contributed by atoms with Crippen LogP contribution in [0.1, 0.15) is 5.69 Å². The van der Waals surface area contributed by atoms with Crippen LogP contribution < -0.4 is 10.9 Å². The lowest BCUT2D eigenvalue weighted by Crippen LogP contribution is -2.30. The van der Waals surface area contributed by atoms with Crippen molar-refractivity contribution in [2.24, 2.45) is 0 Å². The molecule has 0 aliphatic carbocycles. The minimum atomic E-state index is -0.416. The molecule has 31 heavy (non-hydrogen) atoms. The van der Waals surface area contributed by atoms with Crippen LogP contribution in [0.2, 0.25) is 0 Å². The van der Waals surface area contributed by atoms with Crippen LogP contribution >= 0.6 is 11.3 Å². The fraction of sp³-hybridized carbons (Fsp3) is 0.0909. The molecule has 9 heteroatoms. The minimum absolute atomic E-state index is 0.245. The molecule has 1 N–H and O–H groups in total. The summed E-state index contributed by atoms with van der Waals surface area (Å²) in [7, 11) is 0. The van der Waals surface area contributed by atoms with Crippen LogP contribution in [0.4, 0.5) is 10.2 Å². The Morgan fingerprint density at radius 1 is 1.13 bits per heavy atom. The fourth-order valence-electron chi connectivity index (χ4n) is 3.53. The molecule has 7 nitrogen and oxygen atoms in total. The zero-order valence-corrected chi connectivity index (χ0v) is 17.2. The van der Waals surface area contributed by atoms with Crippen molar-refractivity contribution in [1.82, 2.24) is 19.2 Å². The molecule has 5 rings (SSSR count). The van der Waals surface area contributed by atoms with Crippen LogP contribution in [0.25, 0.3) is 27.0 Å². The zero-order valence-electron chi connectivity index (χ0n) is 16.4. The maximum absolute atomic E-state index is 13.3. The lowest BCUT2D eigenvalue weighted by molar-refractivity contribution is -0.117. The van der Waals surface area contributed by atoms with Gasteiger partial charge in [0.25, 0.3) is 5.56 Å². The zero-order chi connectivity index (χ0) is 21.5. The molecule has 0 atom stereocenters. The first kappa shape index (κ1) is 19.1. The van der Waals surface area contributed by atoms with E-state index in [0.717, 1.165) is 10.1 Å². The van der Waals surface area contributed by atoms with Gasteiger partial charge in [0.05, 0.1) is 11.1 Å². The summed E-state index contributed by atoms with van der Waals surface area (Å²) in [5.74, 6) is -0.313. The van der Waals surface area contributed by atoms with Crippen molar-refractivity contribution < 1.29 is 9.18 Å². The Morgan fingerprint density at radius 2 is 1.87 bits per heavy atom. The van der Waals surface area contributed by atoms with Crippen LogP contribution in [-0.2, 0) is 11.3 Å². The average Bonchev–Trinajstić information content (AvgIpc) is 3.35. The number of amides is 1. The number of hydrogen-bond donors (Lipinski definition) is 1. The quantitative estimate of drug-likeness (QED) is 0.467. The number of benzene rings is 2. The van der Waals surface area contributed by atoms with Gasteiger partial charge in [-0.3, -0.25) is 14.0 Å². The third-order valence-electron chi connectivity index (χ3n) is 4.98. The second-order valence-corrected chi connectivity index (χ2v) is 7.89. The molecule has 0 radical (unpaired) electrons. The van der Waals surface area contributed by atoms with Gasteiger partial charge >= 0.3 is 0 Å². The Balaban J connectivity index is 1.50. The highest BCUT2D eigenvalue weighted by Crippen LogP contribution is 2.30. The molecule has 2 aromatic carbocycles. The molecule has 0 bridgehead atoms. The largest absolute Gasteiger partial charge is 0.308 e. The third kappa shape index (κ3) is 3.38. The summed E-state index contributed by atoms with van der Waals surface area (Å²) in [6, 6.07) is 13.1. The number of anilines is 1. The lowest BCUT2D eigenvalue weighted by Gasteiger charge is -2.10. The summed E-state index contributed by atoms with van der Waals surface area (Å²) in [4.78, 5) is 30.9. The normalized spacial score (nSPS) is 11.3. The lowest BCUT2D eigenvalue weighted by atomic mass is 10.1. The number of aromatic nitrogens is 4. The van der Waals surface area contributed by atoms with Crippen molar-refractivity contribution in [1.29, 1.82) is 0 Å². The molecule has 0 aliphatic heterocycles. The molecule has 5 aromatic rings. The number of fused-ring (bicyclic) bond motifs is 2. The first-order valence-electron chi connectivity index (χ1n) is 9.49. The number of halogens is 1. The fourth-order valence-corrected chi connectivity index (χ4v) is 4.25. The molecule has 154 valence electrons. The van der Waals surface area contributed by atoms with E-state index in [1.165, 1.54) is 23.5 Å². The highest BCUT2D eigenvalue weighted by atomic mass is 32.1. The van der Waals surface area contributed by atoms with Gasteiger partial charge in [-0.15, -0.1) is 11.3 Å². The van der Waals surface area contributed by atoms with Crippen molar-refractivity contribution in [3.63, 3.8) is 0 Å². The van der Waals surface area contributed by atoms with Gasteiger partial charge < -0.3 is 5.32 Å². The van der Waals surface area contributed by atoms with Crippen molar-refractivity contribution in [3.8, 4) is 11.3 Å². The number of nitrogens with one attached hydrogen (secondary N) is 1. The summed E-state index contributed by atoms with van der Waals surface area (Å²) in [5, 5.41) is 10.3. The Morgan fingerprint density at radius 3 is 2.65 bits per heavy atom. The summed E-state index contributed by atoms with van der Waals surface area (Å²) < 4.78 is 16.3. The van der Waals surface area contributed by atoms with Crippen LogP contribution in [0, 0.1) is 12.7 Å². The van der Waals surface area contributed by atoms with Crippen LogP contribution in [-0.4, -0.2) is 25.1 Å². The van der Waals surface area contributed by atoms with Crippen LogP contribution in [0.5, 0.6) is 0 Å². The highest BCUT2D eigenvalue weighted by molar-refractivity contribution is 7.15. The summed E-state index contributed by atoms with van der Waals surface area (Å²) in [6.07, 6.45) is 1.79. The number of hydrogen-bond acceptors (Lipinski definition) is 5. The SMILES string of the molecule is Cc1nn(CC(=O)Nc2c(-c3ccc(F)cc3)nc3sccn23)c(=O)c2ccccc12. The molecule has 0 unspecified atom stereocenters. The van der Waals surface area contributed by atoms with Gasteiger partial charge in [-0.05, 0) is 37.3 Å². The number of imidazole rings is 1. The monoisotopic (exact) mass is 433 g/mol. The number of carbonyl (C=O) groups excluding carboxylic acids is 1. The molecule has 0 fully saturated rings. The third-order valence-corrected chi connectivity index (χ3v) is 5.74. The van der Waals surface area contributed by atoms with Gasteiger partial charge in [0.15, 0.2) is 4.96 Å². The van der Waals surface area contributed by atoms with E-state index in [4.69, 9.17) is 0 Å². The Labute approximate surface area is 179 Å². The highest BCUT2D eigenvalue weighted by Gasteiger charge is 2.18. The van der Waals surface area contributed by atoms with Gasteiger partial charge in [-0.25, -0.2) is 14.1 Å². The first-order chi connectivity index (χ1) is 15.0. The second-order valence-electron chi connectivity index (χ2n) is 7.01. The summed E-state index contributed by atoms with van der Waals surface area (Å²) in [6.45, 7) is 1.55. The minimum Gasteiger partial charge on any atom is -0.308 e. The number of aryl methyl sites for hydroxylation is 1. The van der Waals surface area contributed by atoms with Gasteiger partial charge in [0, 0.05) is 22.5 Å². The van der Waals surface area contributed by atoms with Crippen LogP contribution in [0.3, 0.4) is 0 Å². The Hall–Kier alpha value is -3.85. The topological polar surface area (TPSA) is 81.3 Å². The molecular weight excluding hydrogens is 417 g/mol. The molecule has 0 spiro atoms. The summed E-state index contributed by atoms with van der Waals surface area (Å²) >= 11 is 1.42. The number of rotatable bonds is 4. The Bertz CT molecular complexity index is 1500. The molecular formula is C22H16FN5O2S. The maximum Gasteiger partial charge on any atom is 0.275 e. The predicted molar refractivity (Wildman–Crippen MR) is 118 cm³/mol. The molecule has 0 saturated carbocycles. The van der Waals surface area contributed by atoms with E-state index >= 15 is 0 Å². The number of carbonyl (C=O) groups is 1. The molecule has 1 amide bonds. The number of thiazole rings is 1. The van der Waals surface area contributed by atoms with Crippen molar-refractivity contribution >= 4 is 38.8 Å². The first-order valence-corrected chi connectivity index (χ1v) is 10.4. The van der Waals surface area contributed by atoms with Gasteiger partial charge in [-0.2, -0.15) is 5.10 Å². The van der Waals surface area contributed by atoms with Gasteiger partial charge in [-0.1, -0.05) is 18.2 Å².